The summed E-state index contributed by atoms with van der Waals surface area (Å²) in [5, 5.41) is 19.6. The molecular weight excluding hydrogens is 158 g/mol. The third-order valence-corrected chi connectivity index (χ3v) is 1.29. The fraction of sp³-hybridized carbons (Fsp3) is 0.750. The van der Waals surface area contributed by atoms with Crippen LogP contribution in [-0.4, -0.2) is 40.4 Å². The van der Waals surface area contributed by atoms with Gasteiger partial charge in [-0.2, -0.15) is 0 Å². The number of halogens is 1. The average molecular weight is 168 g/mol. The number of nitrogens with two attached hydrogens (primary N) is 1. The van der Waals surface area contributed by atoms with E-state index in [9.17, 15) is 0 Å². The highest BCUT2D eigenvalue weighted by atomic mass is 35.5. The van der Waals surface area contributed by atoms with E-state index in [2.05, 4.69) is 5.16 Å². The van der Waals surface area contributed by atoms with Crippen molar-refractivity contribution in [1.29, 1.82) is 0 Å². The Labute approximate surface area is 64.5 Å². The Morgan fingerprint density at radius 3 is 2.40 bits per heavy atom. The van der Waals surface area contributed by atoms with Gasteiger partial charge in [-0.1, -0.05) is 5.16 Å². The number of oxime groups is 1. The van der Waals surface area contributed by atoms with Gasteiger partial charge >= 0.3 is 0 Å². The smallest absolute Gasteiger partial charge is 0.233 e. The van der Waals surface area contributed by atoms with Crippen molar-refractivity contribution in [3.05, 3.63) is 0 Å². The Morgan fingerprint density at radius 2 is 2.10 bits per heavy atom. The number of rotatable bonds is 0. The molecule has 1 heterocycles. The Balaban J connectivity index is 0.000000810. The van der Waals surface area contributed by atoms with Crippen molar-refractivity contribution in [2.24, 2.45) is 10.9 Å². The molecule has 10 heavy (non-hydrogen) atoms. The Bertz CT molecular complexity index is 134. The molecule has 0 atom stereocenters. The number of hydrogen-bond donors (Lipinski definition) is 3. The van der Waals surface area contributed by atoms with Crippen LogP contribution in [0.15, 0.2) is 5.16 Å². The standard InChI is InChI=1S/C4H9N3O2.ClH/c5-4(6-9)7-1-3(8)2-7;/h3,8-9H,1-2H2,(H2,5,6);1H. The summed E-state index contributed by atoms with van der Waals surface area (Å²) in [6.07, 6.45) is -0.315. The van der Waals surface area contributed by atoms with Gasteiger partial charge in [0.2, 0.25) is 5.96 Å². The van der Waals surface area contributed by atoms with Crippen molar-refractivity contribution in [2.75, 3.05) is 13.1 Å². The molecule has 0 aromatic carbocycles. The lowest BCUT2D eigenvalue weighted by Gasteiger charge is -2.35. The van der Waals surface area contributed by atoms with Gasteiger partial charge in [-0.3, -0.25) is 0 Å². The second-order valence-corrected chi connectivity index (χ2v) is 2.02. The molecule has 0 saturated carbocycles. The third kappa shape index (κ3) is 1.65. The molecule has 4 N–H and O–H groups in total. The number of likely N-dealkylation sites (tertiary alicyclic amines) is 1. The second kappa shape index (κ2) is 3.48. The Morgan fingerprint density at radius 1 is 1.60 bits per heavy atom. The summed E-state index contributed by atoms with van der Waals surface area (Å²) >= 11 is 0. The van der Waals surface area contributed by atoms with Gasteiger partial charge in [0.25, 0.3) is 0 Å². The molecule has 0 radical (unpaired) electrons. The summed E-state index contributed by atoms with van der Waals surface area (Å²) in [6.45, 7) is 0.936. The molecule has 0 aromatic rings. The normalized spacial score (nSPS) is 19.7. The monoisotopic (exact) mass is 167 g/mol. The van der Waals surface area contributed by atoms with Crippen LogP contribution in [0.4, 0.5) is 0 Å². The van der Waals surface area contributed by atoms with E-state index in [-0.39, 0.29) is 24.5 Å². The van der Waals surface area contributed by atoms with Crippen molar-refractivity contribution >= 4 is 18.4 Å². The van der Waals surface area contributed by atoms with Crippen LogP contribution in [0.25, 0.3) is 0 Å². The molecule has 5 nitrogen and oxygen atoms in total. The van der Waals surface area contributed by atoms with Gasteiger partial charge in [-0.25, -0.2) is 0 Å². The summed E-state index contributed by atoms with van der Waals surface area (Å²) in [7, 11) is 0. The average Bonchev–Trinajstić information content (AvgIpc) is 1.79. The lowest BCUT2D eigenvalue weighted by molar-refractivity contribution is 0.0437. The maximum atomic E-state index is 8.73. The maximum Gasteiger partial charge on any atom is 0.233 e. The van der Waals surface area contributed by atoms with Crippen LogP contribution >= 0.6 is 12.4 Å². The van der Waals surface area contributed by atoms with Gasteiger partial charge in [0, 0.05) is 13.1 Å². The molecule has 1 aliphatic rings. The molecule has 1 aliphatic heterocycles. The fourth-order valence-corrected chi connectivity index (χ4v) is 0.706. The number of nitrogens with zero attached hydrogens (tertiary/aromatic N) is 2. The zero-order valence-electron chi connectivity index (χ0n) is 5.27. The molecule has 0 aromatic heterocycles. The van der Waals surface area contributed by atoms with Gasteiger partial charge in [0.15, 0.2) is 0 Å². The van der Waals surface area contributed by atoms with E-state index in [1.54, 1.807) is 4.90 Å². The van der Waals surface area contributed by atoms with E-state index in [0.29, 0.717) is 13.1 Å². The van der Waals surface area contributed by atoms with Crippen molar-refractivity contribution in [1.82, 2.24) is 4.90 Å². The minimum absolute atomic E-state index is 0. The number of aliphatic hydroxyl groups is 1. The minimum atomic E-state index is -0.315. The zero-order chi connectivity index (χ0) is 6.85. The molecule has 1 saturated heterocycles. The molecule has 0 amide bonds. The van der Waals surface area contributed by atoms with Gasteiger partial charge in [0.1, 0.15) is 0 Å². The highest BCUT2D eigenvalue weighted by Gasteiger charge is 2.25. The maximum absolute atomic E-state index is 8.73. The fourth-order valence-electron chi connectivity index (χ4n) is 0.706. The van der Waals surface area contributed by atoms with Crippen LogP contribution in [-0.2, 0) is 0 Å². The quantitative estimate of drug-likeness (QED) is 0.183. The largest absolute Gasteiger partial charge is 0.408 e. The molecule has 0 bridgehead atoms. The lowest BCUT2D eigenvalue weighted by atomic mass is 10.2. The molecule has 0 unspecified atom stereocenters. The SMILES string of the molecule is Cl.N/C(=N\O)N1CC(O)C1. The van der Waals surface area contributed by atoms with Gasteiger partial charge < -0.3 is 20.9 Å². The van der Waals surface area contributed by atoms with Crippen LogP contribution in [0.2, 0.25) is 0 Å². The topological polar surface area (TPSA) is 82.1 Å². The third-order valence-electron chi connectivity index (χ3n) is 1.29. The molecule has 0 aliphatic carbocycles. The summed E-state index contributed by atoms with van der Waals surface area (Å²) in [5.41, 5.74) is 5.16. The van der Waals surface area contributed by atoms with E-state index in [1.165, 1.54) is 0 Å². The van der Waals surface area contributed by atoms with Gasteiger partial charge in [0.05, 0.1) is 6.10 Å². The number of guanidine groups is 1. The summed E-state index contributed by atoms with van der Waals surface area (Å²) in [5.74, 6) is 0.0697. The Hall–Kier alpha value is -0.680. The first-order chi connectivity index (χ1) is 4.24. The second-order valence-electron chi connectivity index (χ2n) is 2.02. The zero-order valence-corrected chi connectivity index (χ0v) is 6.08. The number of hydrogen-bond acceptors (Lipinski definition) is 3. The van der Waals surface area contributed by atoms with Crippen LogP contribution in [0.1, 0.15) is 0 Å². The van der Waals surface area contributed by atoms with E-state index in [0.717, 1.165) is 0 Å². The molecule has 60 valence electrons. The van der Waals surface area contributed by atoms with Crippen LogP contribution < -0.4 is 5.73 Å². The first-order valence-electron chi connectivity index (χ1n) is 2.64. The van der Waals surface area contributed by atoms with E-state index < -0.39 is 0 Å². The van der Waals surface area contributed by atoms with Crippen molar-refractivity contribution in [3.8, 4) is 0 Å². The first-order valence-corrected chi connectivity index (χ1v) is 2.64. The summed E-state index contributed by atoms with van der Waals surface area (Å²) in [4.78, 5) is 1.57. The summed E-state index contributed by atoms with van der Waals surface area (Å²) < 4.78 is 0. The minimum Gasteiger partial charge on any atom is -0.408 e. The van der Waals surface area contributed by atoms with E-state index in [4.69, 9.17) is 16.0 Å². The van der Waals surface area contributed by atoms with Crippen molar-refractivity contribution < 1.29 is 10.3 Å². The number of β-amino-alcohol motifs (C(OH)–C–C–N with tert-alkyl or cyclic N) is 1. The molecular formula is C4H10ClN3O2. The predicted molar refractivity (Wildman–Crippen MR) is 38.2 cm³/mol. The lowest BCUT2D eigenvalue weighted by Crippen LogP contribution is -2.56. The van der Waals surface area contributed by atoms with E-state index >= 15 is 0 Å². The Kier molecular flexibility index (Phi) is 3.24. The van der Waals surface area contributed by atoms with E-state index in [1.807, 2.05) is 0 Å². The molecule has 1 fully saturated rings. The molecule has 6 heteroatoms. The van der Waals surface area contributed by atoms with Gasteiger partial charge in [-0.15, -0.1) is 12.4 Å². The van der Waals surface area contributed by atoms with Gasteiger partial charge in [-0.05, 0) is 0 Å². The highest BCUT2D eigenvalue weighted by molar-refractivity contribution is 5.85. The van der Waals surface area contributed by atoms with Crippen molar-refractivity contribution in [2.45, 2.75) is 6.10 Å². The molecule has 0 spiro atoms. The van der Waals surface area contributed by atoms with Crippen LogP contribution in [0, 0.1) is 0 Å². The molecule has 1 rings (SSSR count). The highest BCUT2D eigenvalue weighted by Crippen LogP contribution is 2.04. The number of aliphatic hydroxyl groups excluding tert-OH is 1. The van der Waals surface area contributed by atoms with Crippen LogP contribution in [0.3, 0.4) is 0 Å². The summed E-state index contributed by atoms with van der Waals surface area (Å²) in [6, 6.07) is 0. The van der Waals surface area contributed by atoms with Crippen molar-refractivity contribution in [3.63, 3.8) is 0 Å². The predicted octanol–water partition coefficient (Wildman–Crippen LogP) is -1.21. The van der Waals surface area contributed by atoms with Crippen LogP contribution in [0.5, 0.6) is 0 Å². The first kappa shape index (κ1) is 9.32.